The van der Waals surface area contributed by atoms with E-state index in [1.807, 2.05) is 72.8 Å². The molecule has 13 heteroatoms. The number of amides is 1. The van der Waals surface area contributed by atoms with E-state index in [0.29, 0.717) is 5.56 Å². The highest BCUT2D eigenvalue weighted by Crippen LogP contribution is 2.59. The molecule has 3 aromatic carbocycles. The van der Waals surface area contributed by atoms with Crippen LogP contribution in [-0.4, -0.2) is 90.3 Å². The minimum Gasteiger partial charge on any atom is -0.462 e. The molecule has 0 aromatic heterocycles. The van der Waals surface area contributed by atoms with E-state index in [-0.39, 0.29) is 32.7 Å². The van der Waals surface area contributed by atoms with Gasteiger partial charge in [0, 0.05) is 35.6 Å². The SMILES string of the molecule is CC1(C)COC(=O)[C@@H]1OC(=O)C=Cc1ccc(CN2O[C@@H]3[C@H]4OC(c5ccccc5)(c5ccccc5)O[C@H]4[C@H]4C[C@]3(C(=O)NCCO)[C@@H]2C(=O)O4)cc1. The third kappa shape index (κ3) is 5.92. The number of carbonyl (C=O) groups is 4. The molecule has 5 fully saturated rings. The number of hydroxylamine groups is 2. The van der Waals surface area contributed by atoms with Gasteiger partial charge in [0.1, 0.15) is 36.4 Å². The molecule has 1 aliphatic carbocycles. The van der Waals surface area contributed by atoms with Crippen molar-refractivity contribution in [2.24, 2.45) is 10.8 Å². The van der Waals surface area contributed by atoms with E-state index in [2.05, 4.69) is 5.32 Å². The standard InChI is InChI=1S/C40H40N2O11/c1-38(2)23-48-36(46)34(38)50-29(44)18-17-24-13-15-25(16-14-24)22-42-32-35(45)49-28-21-39(32,37(47)41-19-20-43)33(53-42)31-30(28)51-40(52-31,26-9-5-3-6-10-26)27-11-7-4-8-12-27/h3-18,28,30-34,43H,19-23H2,1-2H3,(H,41,47)/t28-,30+,31+,32+,33-,34+,39+/m1/s1. The zero-order valence-corrected chi connectivity index (χ0v) is 29.2. The fourth-order valence-electron chi connectivity index (χ4n) is 8.19. The van der Waals surface area contributed by atoms with Gasteiger partial charge in [0.15, 0.2) is 6.04 Å². The van der Waals surface area contributed by atoms with E-state index in [4.69, 9.17) is 28.5 Å². The number of hydrogen-bond acceptors (Lipinski definition) is 12. The number of esters is 3. The number of nitrogens with zero attached hydrogens (tertiary/aromatic N) is 1. The van der Waals surface area contributed by atoms with E-state index in [0.717, 1.165) is 16.7 Å². The van der Waals surface area contributed by atoms with Crippen molar-refractivity contribution in [1.29, 1.82) is 0 Å². The molecule has 0 radical (unpaired) electrons. The number of benzene rings is 3. The normalized spacial score (nSPS) is 30.8. The zero-order valence-electron chi connectivity index (χ0n) is 29.2. The van der Waals surface area contributed by atoms with Crippen LogP contribution in [0.2, 0.25) is 0 Å². The van der Waals surface area contributed by atoms with Crippen molar-refractivity contribution >= 4 is 29.9 Å². The smallest absolute Gasteiger partial charge is 0.348 e. The van der Waals surface area contributed by atoms with E-state index in [9.17, 15) is 24.3 Å². The Hall–Kier alpha value is -4.92. The third-order valence-electron chi connectivity index (χ3n) is 10.8. The van der Waals surface area contributed by atoms with E-state index in [1.54, 1.807) is 32.1 Å². The van der Waals surface area contributed by atoms with Crippen LogP contribution in [0.25, 0.3) is 6.08 Å². The molecule has 1 amide bonds. The van der Waals surface area contributed by atoms with Crippen LogP contribution >= 0.6 is 0 Å². The second kappa shape index (κ2) is 13.5. The molecular formula is C40H40N2O11. The number of ether oxygens (including phenoxy) is 5. The predicted octanol–water partition coefficient (Wildman–Crippen LogP) is 2.79. The first-order valence-corrected chi connectivity index (χ1v) is 17.7. The molecular weight excluding hydrogens is 684 g/mol. The van der Waals surface area contributed by atoms with Crippen LogP contribution in [0.1, 0.15) is 42.5 Å². The molecule has 0 spiro atoms. The quantitative estimate of drug-likeness (QED) is 0.179. The maximum absolute atomic E-state index is 14.2. The fourth-order valence-corrected chi connectivity index (χ4v) is 8.19. The first kappa shape index (κ1) is 35.1. The third-order valence-corrected chi connectivity index (χ3v) is 10.8. The molecule has 7 atom stereocenters. The van der Waals surface area contributed by atoms with Crippen LogP contribution in [0.15, 0.2) is 91.0 Å². The molecule has 13 nitrogen and oxygen atoms in total. The summed E-state index contributed by atoms with van der Waals surface area (Å²) in [5.41, 5.74) is 0.881. The molecule has 4 saturated heterocycles. The highest BCUT2D eigenvalue weighted by Gasteiger charge is 2.76. The molecule has 2 N–H and O–H groups in total. The highest BCUT2D eigenvalue weighted by molar-refractivity contribution is 5.94. The number of cyclic esters (lactones) is 1. The minimum atomic E-state index is -1.41. The van der Waals surface area contributed by atoms with Crippen LogP contribution in [0.4, 0.5) is 0 Å². The summed E-state index contributed by atoms with van der Waals surface area (Å²) in [6.45, 7) is 3.59. The number of hydrogen-bond donors (Lipinski definition) is 2. The fraction of sp³-hybridized carbons (Fsp3) is 0.400. The minimum absolute atomic E-state index is 0.00577. The lowest BCUT2D eigenvalue weighted by Gasteiger charge is -2.48. The van der Waals surface area contributed by atoms with Crippen molar-refractivity contribution in [3.63, 3.8) is 0 Å². The van der Waals surface area contributed by atoms with Gasteiger partial charge in [-0.25, -0.2) is 9.59 Å². The largest absolute Gasteiger partial charge is 0.462 e. The van der Waals surface area contributed by atoms with Crippen LogP contribution in [0, 0.1) is 10.8 Å². The summed E-state index contributed by atoms with van der Waals surface area (Å²) in [6.07, 6.45) is -1.35. The zero-order chi connectivity index (χ0) is 37.0. The lowest BCUT2D eigenvalue weighted by atomic mass is 9.62. The Morgan fingerprint density at radius 2 is 1.58 bits per heavy atom. The number of aliphatic hydroxyl groups excluding tert-OH is 1. The van der Waals surface area contributed by atoms with Gasteiger partial charge in [0.2, 0.25) is 17.8 Å². The monoisotopic (exact) mass is 724 g/mol. The van der Waals surface area contributed by atoms with Crippen LogP contribution in [-0.2, 0) is 60.0 Å². The van der Waals surface area contributed by atoms with Crippen molar-refractivity contribution in [3.8, 4) is 0 Å². The number of fused-ring (bicyclic) bond motifs is 4. The maximum Gasteiger partial charge on any atom is 0.348 e. The Morgan fingerprint density at radius 1 is 0.925 bits per heavy atom. The Bertz CT molecular complexity index is 1880. The van der Waals surface area contributed by atoms with Crippen LogP contribution < -0.4 is 5.32 Å². The molecule has 4 heterocycles. The first-order valence-electron chi connectivity index (χ1n) is 17.7. The van der Waals surface area contributed by atoms with Gasteiger partial charge in [-0.15, -0.1) is 0 Å². The molecule has 4 aliphatic heterocycles. The molecule has 2 bridgehead atoms. The number of carbonyl (C=O) groups excluding carboxylic acids is 4. The van der Waals surface area contributed by atoms with Crippen molar-refractivity contribution in [2.45, 2.75) is 69.2 Å². The molecule has 5 aliphatic rings. The van der Waals surface area contributed by atoms with Gasteiger partial charge >= 0.3 is 17.9 Å². The molecule has 3 aromatic rings. The molecule has 276 valence electrons. The van der Waals surface area contributed by atoms with Gasteiger partial charge < -0.3 is 34.1 Å². The topological polar surface area (TPSA) is 159 Å². The summed E-state index contributed by atoms with van der Waals surface area (Å²) in [5.74, 6) is -3.66. The first-order chi connectivity index (χ1) is 25.6. The highest BCUT2D eigenvalue weighted by atomic mass is 16.8. The predicted molar refractivity (Wildman–Crippen MR) is 185 cm³/mol. The Kier molecular flexibility index (Phi) is 8.94. The number of rotatable bonds is 10. The molecule has 0 unspecified atom stereocenters. The average molecular weight is 725 g/mol. The lowest BCUT2D eigenvalue weighted by Crippen LogP contribution is -2.69. The molecule has 53 heavy (non-hydrogen) atoms. The number of nitrogens with one attached hydrogen (secondary N) is 1. The summed E-state index contributed by atoms with van der Waals surface area (Å²) in [5, 5.41) is 13.9. The maximum atomic E-state index is 14.2. The van der Waals surface area contributed by atoms with Gasteiger partial charge in [-0.05, 0) is 17.2 Å². The van der Waals surface area contributed by atoms with Crippen molar-refractivity contribution < 1.29 is 52.8 Å². The van der Waals surface area contributed by atoms with Gasteiger partial charge in [-0.3, -0.25) is 14.4 Å². The summed E-state index contributed by atoms with van der Waals surface area (Å²) >= 11 is 0. The summed E-state index contributed by atoms with van der Waals surface area (Å²) < 4.78 is 30.3. The van der Waals surface area contributed by atoms with E-state index in [1.165, 1.54) is 11.1 Å². The summed E-state index contributed by atoms with van der Waals surface area (Å²) in [4.78, 5) is 59.4. The average Bonchev–Trinajstić information content (AvgIpc) is 3.82. The summed E-state index contributed by atoms with van der Waals surface area (Å²) in [6, 6.07) is 25.1. The Morgan fingerprint density at radius 3 is 2.21 bits per heavy atom. The van der Waals surface area contributed by atoms with Crippen molar-refractivity contribution in [2.75, 3.05) is 19.8 Å². The van der Waals surface area contributed by atoms with E-state index < -0.39 is 77.0 Å². The molecule has 1 saturated carbocycles. The van der Waals surface area contributed by atoms with Crippen LogP contribution in [0.5, 0.6) is 0 Å². The second-order valence-electron chi connectivity index (χ2n) is 14.7. The number of aliphatic hydroxyl groups is 1. The van der Waals surface area contributed by atoms with Gasteiger partial charge in [0.05, 0.1) is 13.2 Å². The second-order valence-corrected chi connectivity index (χ2v) is 14.7. The Balaban J connectivity index is 1.07. The van der Waals surface area contributed by atoms with Crippen LogP contribution in [0.3, 0.4) is 0 Å². The van der Waals surface area contributed by atoms with Gasteiger partial charge in [-0.2, -0.15) is 5.06 Å². The van der Waals surface area contributed by atoms with Gasteiger partial charge in [0.25, 0.3) is 0 Å². The summed E-state index contributed by atoms with van der Waals surface area (Å²) in [7, 11) is 0. The molecule has 8 rings (SSSR count). The van der Waals surface area contributed by atoms with E-state index >= 15 is 0 Å². The van der Waals surface area contributed by atoms with Gasteiger partial charge in [-0.1, -0.05) is 98.8 Å². The van der Waals surface area contributed by atoms with Crippen molar-refractivity contribution in [1.82, 2.24) is 10.4 Å². The Labute approximate surface area is 305 Å². The van der Waals surface area contributed by atoms with Crippen molar-refractivity contribution in [3.05, 3.63) is 113 Å². The lowest BCUT2D eigenvalue weighted by molar-refractivity contribution is -0.213.